The zero-order valence-electron chi connectivity index (χ0n) is 12.4. The fourth-order valence-corrected chi connectivity index (χ4v) is 3.33. The predicted octanol–water partition coefficient (Wildman–Crippen LogP) is 4.68. The molecule has 0 spiro atoms. The van der Waals surface area contributed by atoms with E-state index in [1.807, 2.05) is 12.1 Å². The highest BCUT2D eigenvalue weighted by molar-refractivity contribution is 5.50. The average molecular weight is 276 g/mol. The molecule has 1 fully saturated rings. The molecule has 3 rings (SSSR count). The van der Waals surface area contributed by atoms with Crippen molar-refractivity contribution in [3.63, 3.8) is 0 Å². The standard InChI is InChI=1S/C19H20N2/c1-15-6-5-9-19(17-12-10-16(14-20)11-13-17)21(15)18-7-3-2-4-8-18/h2-4,7-8,10-13,15,19H,5-6,9H2,1H3. The van der Waals surface area contributed by atoms with Crippen LogP contribution in [0.5, 0.6) is 0 Å². The number of hydrogen-bond acceptors (Lipinski definition) is 2. The number of rotatable bonds is 2. The van der Waals surface area contributed by atoms with E-state index in [-0.39, 0.29) is 0 Å². The molecule has 0 aromatic heterocycles. The molecule has 1 aliphatic heterocycles. The predicted molar refractivity (Wildman–Crippen MR) is 86.1 cm³/mol. The van der Waals surface area contributed by atoms with Crippen molar-refractivity contribution in [3.8, 4) is 6.07 Å². The third-order valence-electron chi connectivity index (χ3n) is 4.39. The normalized spacial score (nSPS) is 21.8. The van der Waals surface area contributed by atoms with Gasteiger partial charge in [0.1, 0.15) is 0 Å². The van der Waals surface area contributed by atoms with Crippen molar-refractivity contribution in [3.05, 3.63) is 65.7 Å². The molecule has 0 saturated carbocycles. The van der Waals surface area contributed by atoms with Crippen LogP contribution in [-0.2, 0) is 0 Å². The summed E-state index contributed by atoms with van der Waals surface area (Å²) >= 11 is 0. The van der Waals surface area contributed by atoms with E-state index in [2.05, 4.69) is 60.4 Å². The van der Waals surface area contributed by atoms with Gasteiger partial charge in [0.15, 0.2) is 0 Å². The smallest absolute Gasteiger partial charge is 0.0991 e. The maximum absolute atomic E-state index is 8.95. The van der Waals surface area contributed by atoms with Crippen LogP contribution < -0.4 is 4.90 Å². The number of hydrogen-bond donors (Lipinski definition) is 0. The molecular formula is C19H20N2. The Bertz CT molecular complexity index is 625. The van der Waals surface area contributed by atoms with Crippen LogP contribution in [0.1, 0.15) is 43.4 Å². The molecule has 106 valence electrons. The van der Waals surface area contributed by atoms with Crippen LogP contribution in [0, 0.1) is 11.3 Å². The zero-order valence-corrected chi connectivity index (χ0v) is 12.4. The highest BCUT2D eigenvalue weighted by atomic mass is 15.2. The first-order valence-corrected chi connectivity index (χ1v) is 7.63. The van der Waals surface area contributed by atoms with Crippen LogP contribution in [-0.4, -0.2) is 6.04 Å². The lowest BCUT2D eigenvalue weighted by atomic mass is 9.90. The summed E-state index contributed by atoms with van der Waals surface area (Å²) in [6.45, 7) is 2.31. The van der Waals surface area contributed by atoms with Crippen molar-refractivity contribution in [1.29, 1.82) is 5.26 Å². The highest BCUT2D eigenvalue weighted by Gasteiger charge is 2.28. The summed E-state index contributed by atoms with van der Waals surface area (Å²) in [5.41, 5.74) is 3.33. The van der Waals surface area contributed by atoms with Crippen LogP contribution >= 0.6 is 0 Å². The molecule has 2 aromatic rings. The minimum atomic E-state index is 0.406. The van der Waals surface area contributed by atoms with Gasteiger partial charge < -0.3 is 4.90 Å². The van der Waals surface area contributed by atoms with Crippen molar-refractivity contribution in [2.24, 2.45) is 0 Å². The second kappa shape index (κ2) is 6.01. The summed E-state index contributed by atoms with van der Waals surface area (Å²) in [6, 6.07) is 21.9. The second-order valence-electron chi connectivity index (χ2n) is 5.77. The van der Waals surface area contributed by atoms with Gasteiger partial charge in [0, 0.05) is 11.7 Å². The van der Waals surface area contributed by atoms with Gasteiger partial charge in [0.2, 0.25) is 0 Å². The van der Waals surface area contributed by atoms with E-state index in [0.717, 1.165) is 5.56 Å². The van der Waals surface area contributed by atoms with E-state index in [9.17, 15) is 0 Å². The molecule has 2 atom stereocenters. The molecule has 21 heavy (non-hydrogen) atoms. The van der Waals surface area contributed by atoms with Crippen molar-refractivity contribution in [2.45, 2.75) is 38.3 Å². The molecule has 1 heterocycles. The molecule has 1 aliphatic rings. The van der Waals surface area contributed by atoms with Crippen LogP contribution in [0.25, 0.3) is 0 Å². The molecule has 1 saturated heterocycles. The van der Waals surface area contributed by atoms with E-state index in [1.54, 1.807) is 0 Å². The van der Waals surface area contributed by atoms with Gasteiger partial charge in [-0.25, -0.2) is 0 Å². The average Bonchev–Trinajstić information content (AvgIpc) is 2.55. The largest absolute Gasteiger partial charge is 0.362 e. The van der Waals surface area contributed by atoms with Crippen molar-refractivity contribution in [1.82, 2.24) is 0 Å². The monoisotopic (exact) mass is 276 g/mol. The molecule has 2 nitrogen and oxygen atoms in total. The molecule has 0 amide bonds. The van der Waals surface area contributed by atoms with Gasteiger partial charge in [0.25, 0.3) is 0 Å². The van der Waals surface area contributed by atoms with Gasteiger partial charge in [-0.15, -0.1) is 0 Å². The molecule has 0 aliphatic carbocycles. The van der Waals surface area contributed by atoms with Crippen molar-refractivity contribution < 1.29 is 0 Å². The second-order valence-corrected chi connectivity index (χ2v) is 5.77. The first kappa shape index (κ1) is 13.7. The van der Waals surface area contributed by atoms with Gasteiger partial charge in [-0.2, -0.15) is 5.26 Å². The summed E-state index contributed by atoms with van der Waals surface area (Å²) in [6.07, 6.45) is 3.67. The Hall–Kier alpha value is -2.27. The van der Waals surface area contributed by atoms with E-state index in [1.165, 1.54) is 30.5 Å². The first-order chi connectivity index (χ1) is 10.3. The lowest BCUT2D eigenvalue weighted by Gasteiger charge is -2.43. The van der Waals surface area contributed by atoms with Gasteiger partial charge in [-0.3, -0.25) is 0 Å². The van der Waals surface area contributed by atoms with Crippen molar-refractivity contribution in [2.75, 3.05) is 4.90 Å². The fourth-order valence-electron chi connectivity index (χ4n) is 3.33. The molecule has 2 heteroatoms. The summed E-state index contributed by atoms with van der Waals surface area (Å²) < 4.78 is 0. The van der Waals surface area contributed by atoms with E-state index in [0.29, 0.717) is 12.1 Å². The summed E-state index contributed by atoms with van der Waals surface area (Å²) in [5.74, 6) is 0. The number of anilines is 1. The summed E-state index contributed by atoms with van der Waals surface area (Å²) in [5, 5.41) is 8.95. The third kappa shape index (κ3) is 2.78. The molecule has 0 N–H and O–H groups in total. The Labute approximate surface area is 126 Å². The van der Waals surface area contributed by atoms with Gasteiger partial charge in [0.05, 0.1) is 17.7 Å². The Kier molecular flexibility index (Phi) is 3.92. The topological polar surface area (TPSA) is 27.0 Å². The number of piperidine rings is 1. The molecule has 0 radical (unpaired) electrons. The quantitative estimate of drug-likeness (QED) is 0.796. The fraction of sp³-hybridized carbons (Fsp3) is 0.316. The SMILES string of the molecule is CC1CCCC(c2ccc(C#N)cc2)N1c1ccccc1. The number of nitriles is 1. The maximum atomic E-state index is 8.95. The lowest BCUT2D eigenvalue weighted by Crippen LogP contribution is -2.40. The maximum Gasteiger partial charge on any atom is 0.0991 e. The Morgan fingerprint density at radius 2 is 1.71 bits per heavy atom. The molecular weight excluding hydrogens is 256 g/mol. The van der Waals surface area contributed by atoms with Crippen LogP contribution in [0.3, 0.4) is 0 Å². The first-order valence-electron chi connectivity index (χ1n) is 7.63. The molecule has 0 bridgehead atoms. The summed E-state index contributed by atoms with van der Waals surface area (Å²) in [7, 11) is 0. The highest BCUT2D eigenvalue weighted by Crippen LogP contribution is 2.38. The van der Waals surface area contributed by atoms with Crippen molar-refractivity contribution >= 4 is 5.69 Å². The third-order valence-corrected chi connectivity index (χ3v) is 4.39. The van der Waals surface area contributed by atoms with Crippen LogP contribution in [0.15, 0.2) is 54.6 Å². The number of para-hydroxylation sites is 1. The molecule has 2 aromatic carbocycles. The molecule has 2 unspecified atom stereocenters. The van der Waals surface area contributed by atoms with Gasteiger partial charge >= 0.3 is 0 Å². The minimum absolute atomic E-state index is 0.406. The summed E-state index contributed by atoms with van der Waals surface area (Å²) in [4.78, 5) is 2.53. The Morgan fingerprint density at radius 3 is 2.38 bits per heavy atom. The van der Waals surface area contributed by atoms with Gasteiger partial charge in [-0.1, -0.05) is 30.3 Å². The minimum Gasteiger partial charge on any atom is -0.362 e. The Morgan fingerprint density at radius 1 is 1.00 bits per heavy atom. The van der Waals surface area contributed by atoms with E-state index in [4.69, 9.17) is 5.26 Å². The van der Waals surface area contributed by atoms with E-state index >= 15 is 0 Å². The number of nitrogens with zero attached hydrogens (tertiary/aromatic N) is 2. The zero-order chi connectivity index (χ0) is 14.7. The Balaban J connectivity index is 1.95. The van der Waals surface area contributed by atoms with Crippen LogP contribution in [0.2, 0.25) is 0 Å². The number of benzene rings is 2. The lowest BCUT2D eigenvalue weighted by molar-refractivity contribution is 0.404. The van der Waals surface area contributed by atoms with E-state index < -0.39 is 0 Å². The van der Waals surface area contributed by atoms with Crippen LogP contribution in [0.4, 0.5) is 5.69 Å². The van der Waals surface area contributed by atoms with Gasteiger partial charge in [-0.05, 0) is 56.0 Å².